The summed E-state index contributed by atoms with van der Waals surface area (Å²) >= 11 is 12.0. The van der Waals surface area contributed by atoms with Gasteiger partial charge in [-0.3, -0.25) is 14.5 Å². The van der Waals surface area contributed by atoms with Crippen molar-refractivity contribution in [3.05, 3.63) is 65.3 Å². The molecule has 0 aliphatic carbocycles. The molecule has 0 radical (unpaired) electrons. The maximum Gasteiger partial charge on any atom is 0.325 e. The molecule has 0 unspecified atom stereocenters. The number of anilines is 1. The number of carbonyl (C=O) groups excluding carboxylic acids is 2. The van der Waals surface area contributed by atoms with Crippen LogP contribution < -0.4 is 19.1 Å². The molecule has 1 amide bonds. The van der Waals surface area contributed by atoms with Crippen LogP contribution in [0.1, 0.15) is 5.56 Å². The van der Waals surface area contributed by atoms with E-state index in [4.69, 9.17) is 42.8 Å². The average molecular weight is 503 g/mol. The van der Waals surface area contributed by atoms with Gasteiger partial charge in [0.1, 0.15) is 24.6 Å². The lowest BCUT2D eigenvalue weighted by Gasteiger charge is -2.19. The Hall–Kier alpha value is -3.56. The number of esters is 1. The standard InChI is InChI=1S/C24H23ClN2O6S/c1-5-10-33-22-18(25)11-15(13-20(22)31-3)12-19-23(29)27(16-6-8-17(30-2)9-7-16)24(34)26(19)14-21(28)32-4/h5-9,11-13H,1,10,14H2,2-4H3/b19-12-. The fourth-order valence-electron chi connectivity index (χ4n) is 3.25. The third-order valence-corrected chi connectivity index (χ3v) is 5.57. The van der Waals surface area contributed by atoms with E-state index in [0.717, 1.165) is 0 Å². The third-order valence-electron chi connectivity index (χ3n) is 4.88. The quantitative estimate of drug-likeness (QED) is 0.220. The average Bonchev–Trinajstić information content (AvgIpc) is 3.06. The van der Waals surface area contributed by atoms with Gasteiger partial charge in [0.05, 0.1) is 32.0 Å². The number of halogens is 1. The summed E-state index contributed by atoms with van der Waals surface area (Å²) in [5, 5.41) is 0.420. The van der Waals surface area contributed by atoms with Gasteiger partial charge >= 0.3 is 5.97 Å². The van der Waals surface area contributed by atoms with Crippen LogP contribution in [0.4, 0.5) is 5.69 Å². The second-order valence-corrected chi connectivity index (χ2v) is 7.72. The van der Waals surface area contributed by atoms with E-state index in [1.54, 1.807) is 55.7 Å². The van der Waals surface area contributed by atoms with E-state index in [1.165, 1.54) is 24.0 Å². The van der Waals surface area contributed by atoms with Crippen LogP contribution in [-0.4, -0.2) is 56.4 Å². The van der Waals surface area contributed by atoms with Gasteiger partial charge in [0.25, 0.3) is 5.91 Å². The van der Waals surface area contributed by atoms with Gasteiger partial charge in [-0.1, -0.05) is 24.3 Å². The molecule has 1 heterocycles. The Bertz CT molecular complexity index is 1150. The minimum absolute atomic E-state index is 0.135. The molecule has 1 aliphatic rings. The Morgan fingerprint density at radius 2 is 1.85 bits per heavy atom. The predicted molar refractivity (Wildman–Crippen MR) is 133 cm³/mol. The van der Waals surface area contributed by atoms with Crippen molar-refractivity contribution in [2.45, 2.75) is 0 Å². The Balaban J connectivity index is 2.06. The van der Waals surface area contributed by atoms with Crippen molar-refractivity contribution in [2.24, 2.45) is 0 Å². The molecule has 1 aliphatic heterocycles. The molecule has 178 valence electrons. The van der Waals surface area contributed by atoms with Crippen LogP contribution in [0.2, 0.25) is 5.02 Å². The van der Waals surface area contributed by atoms with Crippen molar-refractivity contribution in [2.75, 3.05) is 39.4 Å². The van der Waals surface area contributed by atoms with Crippen molar-refractivity contribution in [3.63, 3.8) is 0 Å². The molecule has 3 rings (SSSR count). The van der Waals surface area contributed by atoms with Crippen LogP contribution >= 0.6 is 23.8 Å². The second-order valence-electron chi connectivity index (χ2n) is 6.95. The van der Waals surface area contributed by atoms with Crippen LogP contribution in [0.3, 0.4) is 0 Å². The third kappa shape index (κ3) is 5.16. The number of hydrogen-bond acceptors (Lipinski definition) is 7. The van der Waals surface area contributed by atoms with E-state index >= 15 is 0 Å². The lowest BCUT2D eigenvalue weighted by atomic mass is 10.1. The lowest BCUT2D eigenvalue weighted by molar-refractivity contribution is -0.140. The molecule has 8 nitrogen and oxygen atoms in total. The predicted octanol–water partition coefficient (Wildman–Crippen LogP) is 4.07. The van der Waals surface area contributed by atoms with Gasteiger partial charge in [-0.2, -0.15) is 0 Å². The SMILES string of the molecule is C=CCOc1c(Cl)cc(/C=C2/C(=O)N(c3ccc(OC)cc3)C(=S)N2CC(=O)OC)cc1OC. The number of carbonyl (C=O) groups is 2. The zero-order valence-electron chi connectivity index (χ0n) is 18.9. The van der Waals surface area contributed by atoms with Gasteiger partial charge in [0.15, 0.2) is 16.6 Å². The van der Waals surface area contributed by atoms with E-state index in [9.17, 15) is 9.59 Å². The zero-order chi connectivity index (χ0) is 24.8. The van der Waals surface area contributed by atoms with Crippen LogP contribution in [0.15, 0.2) is 54.8 Å². The Morgan fingerprint density at radius 3 is 2.44 bits per heavy atom. The number of ether oxygens (including phenoxy) is 4. The highest BCUT2D eigenvalue weighted by molar-refractivity contribution is 7.80. The first-order valence-corrected chi connectivity index (χ1v) is 10.8. The first-order chi connectivity index (χ1) is 16.3. The van der Waals surface area contributed by atoms with E-state index in [0.29, 0.717) is 28.5 Å². The number of rotatable bonds is 9. The molecule has 0 bridgehead atoms. The summed E-state index contributed by atoms with van der Waals surface area (Å²) in [6.07, 6.45) is 3.16. The van der Waals surface area contributed by atoms with Crippen LogP contribution in [0.25, 0.3) is 6.08 Å². The van der Waals surface area contributed by atoms with Crippen molar-refractivity contribution in [1.29, 1.82) is 0 Å². The van der Waals surface area contributed by atoms with Gasteiger partial charge in [0, 0.05) is 0 Å². The van der Waals surface area contributed by atoms with E-state index < -0.39 is 11.9 Å². The molecule has 2 aromatic carbocycles. The van der Waals surface area contributed by atoms with Crippen molar-refractivity contribution in [3.8, 4) is 17.2 Å². The number of methoxy groups -OCH3 is 3. The molecule has 0 aromatic heterocycles. The summed E-state index contributed by atoms with van der Waals surface area (Å²) in [6, 6.07) is 10.1. The fraction of sp³-hybridized carbons (Fsp3) is 0.208. The summed E-state index contributed by atoms with van der Waals surface area (Å²) in [5.74, 6) is 0.387. The maximum atomic E-state index is 13.4. The zero-order valence-corrected chi connectivity index (χ0v) is 20.4. The largest absolute Gasteiger partial charge is 0.497 e. The maximum absolute atomic E-state index is 13.4. The van der Waals surface area contributed by atoms with Crippen LogP contribution in [-0.2, 0) is 14.3 Å². The second kappa shape index (κ2) is 11.0. The Morgan fingerprint density at radius 1 is 1.15 bits per heavy atom. The molecular formula is C24H23ClN2O6S. The minimum atomic E-state index is -0.554. The normalized spacial score (nSPS) is 14.4. The summed E-state index contributed by atoms with van der Waals surface area (Å²) in [4.78, 5) is 28.3. The number of benzene rings is 2. The highest BCUT2D eigenvalue weighted by atomic mass is 35.5. The van der Waals surface area contributed by atoms with Crippen molar-refractivity contribution >= 4 is 52.6 Å². The molecule has 0 atom stereocenters. The smallest absolute Gasteiger partial charge is 0.325 e. The van der Waals surface area contributed by atoms with E-state index in [-0.39, 0.29) is 29.0 Å². The van der Waals surface area contributed by atoms with E-state index in [1.807, 2.05) is 0 Å². The van der Waals surface area contributed by atoms with Gasteiger partial charge in [-0.05, 0) is 60.3 Å². The molecule has 1 saturated heterocycles. The fourth-order valence-corrected chi connectivity index (χ4v) is 3.87. The summed E-state index contributed by atoms with van der Waals surface area (Å²) < 4.78 is 21.0. The first kappa shape index (κ1) is 25.1. The van der Waals surface area contributed by atoms with Gasteiger partial charge < -0.3 is 23.8 Å². The molecule has 2 aromatic rings. The summed E-state index contributed by atoms with van der Waals surface area (Å²) in [6.45, 7) is 3.62. The topological polar surface area (TPSA) is 77.5 Å². The van der Waals surface area contributed by atoms with Crippen molar-refractivity contribution in [1.82, 2.24) is 4.90 Å². The van der Waals surface area contributed by atoms with Crippen LogP contribution in [0.5, 0.6) is 17.2 Å². The van der Waals surface area contributed by atoms with Crippen molar-refractivity contribution < 1.29 is 28.5 Å². The number of nitrogens with zero attached hydrogens (tertiary/aromatic N) is 2. The van der Waals surface area contributed by atoms with Crippen LogP contribution in [0, 0.1) is 0 Å². The summed E-state index contributed by atoms with van der Waals surface area (Å²) in [5.41, 5.74) is 1.24. The monoisotopic (exact) mass is 502 g/mol. The number of amides is 1. The van der Waals surface area contributed by atoms with E-state index in [2.05, 4.69) is 6.58 Å². The number of hydrogen-bond donors (Lipinski definition) is 0. The van der Waals surface area contributed by atoms with Gasteiger partial charge in [-0.25, -0.2) is 0 Å². The highest BCUT2D eigenvalue weighted by Gasteiger charge is 2.40. The Kier molecular flexibility index (Phi) is 8.14. The van der Waals surface area contributed by atoms with Gasteiger partial charge in [0.2, 0.25) is 0 Å². The number of thiocarbonyl (C=S) groups is 1. The molecule has 0 saturated carbocycles. The first-order valence-electron chi connectivity index (χ1n) is 10.0. The molecule has 1 fully saturated rings. The molecule has 34 heavy (non-hydrogen) atoms. The van der Waals surface area contributed by atoms with Gasteiger partial charge in [-0.15, -0.1) is 0 Å². The minimum Gasteiger partial charge on any atom is -0.497 e. The molecular weight excluding hydrogens is 480 g/mol. The Labute approximate surface area is 207 Å². The molecule has 10 heteroatoms. The highest BCUT2D eigenvalue weighted by Crippen LogP contribution is 2.38. The molecule has 0 N–H and O–H groups in total. The molecule has 0 spiro atoms. The summed E-state index contributed by atoms with van der Waals surface area (Å²) in [7, 11) is 4.29. The lowest BCUT2D eigenvalue weighted by Crippen LogP contribution is -2.35.